The fourth-order valence-electron chi connectivity index (χ4n) is 3.27. The topological polar surface area (TPSA) is 38.8 Å². The van der Waals surface area contributed by atoms with Crippen LogP contribution in [-0.2, 0) is 11.3 Å². The minimum atomic E-state index is 0.0204. The fraction of sp³-hybridized carbons (Fsp3) is 0.450. The molecule has 1 N–H and O–H groups in total. The zero-order valence-corrected chi connectivity index (χ0v) is 16.5. The maximum Gasteiger partial charge on any atom is 0.238 e. The Morgan fingerprint density at radius 2 is 1.88 bits per heavy atom. The SMILES string of the molecule is CCN1CCN(c2ccc(NC(=O)CN(C)Cc3ccsc3)cc2)CC1. The second-order valence-electron chi connectivity index (χ2n) is 6.82. The summed E-state index contributed by atoms with van der Waals surface area (Å²) < 4.78 is 0. The molecule has 1 amide bonds. The van der Waals surface area contributed by atoms with Gasteiger partial charge in [0.1, 0.15) is 0 Å². The first-order valence-corrected chi connectivity index (χ1v) is 10.1. The molecule has 1 aromatic carbocycles. The van der Waals surface area contributed by atoms with Crippen LogP contribution in [0.15, 0.2) is 41.1 Å². The monoisotopic (exact) mass is 372 g/mol. The van der Waals surface area contributed by atoms with Gasteiger partial charge in [0, 0.05) is 44.1 Å². The summed E-state index contributed by atoms with van der Waals surface area (Å²) in [5.41, 5.74) is 3.33. The predicted octanol–water partition coefficient (Wildman–Crippen LogP) is 2.96. The second kappa shape index (κ2) is 9.16. The van der Waals surface area contributed by atoms with E-state index in [-0.39, 0.29) is 5.91 Å². The maximum atomic E-state index is 12.2. The lowest BCUT2D eigenvalue weighted by atomic mass is 10.2. The van der Waals surface area contributed by atoms with E-state index in [4.69, 9.17) is 0 Å². The number of thiophene rings is 1. The van der Waals surface area contributed by atoms with Crippen molar-refractivity contribution >= 4 is 28.6 Å². The summed E-state index contributed by atoms with van der Waals surface area (Å²) in [4.78, 5) is 19.1. The summed E-state index contributed by atoms with van der Waals surface area (Å²) in [5, 5.41) is 7.17. The van der Waals surface area contributed by atoms with Gasteiger partial charge in [0.2, 0.25) is 5.91 Å². The number of benzene rings is 1. The molecule has 2 heterocycles. The van der Waals surface area contributed by atoms with E-state index in [1.807, 2.05) is 24.1 Å². The molecule has 1 aliphatic rings. The van der Waals surface area contributed by atoms with Gasteiger partial charge in [-0.25, -0.2) is 0 Å². The minimum absolute atomic E-state index is 0.0204. The molecule has 1 aromatic heterocycles. The summed E-state index contributed by atoms with van der Waals surface area (Å²) in [5.74, 6) is 0.0204. The Kier molecular flexibility index (Phi) is 6.66. The van der Waals surface area contributed by atoms with Gasteiger partial charge >= 0.3 is 0 Å². The van der Waals surface area contributed by atoms with Crippen molar-refractivity contribution in [1.82, 2.24) is 9.80 Å². The smallest absolute Gasteiger partial charge is 0.238 e. The molecule has 2 aromatic rings. The van der Waals surface area contributed by atoms with Gasteiger partial charge in [-0.05, 0) is 60.2 Å². The number of amides is 1. The van der Waals surface area contributed by atoms with E-state index in [0.29, 0.717) is 6.54 Å². The van der Waals surface area contributed by atoms with Crippen molar-refractivity contribution < 1.29 is 4.79 Å². The summed E-state index contributed by atoms with van der Waals surface area (Å²) in [7, 11) is 1.97. The lowest BCUT2D eigenvalue weighted by molar-refractivity contribution is -0.117. The third-order valence-electron chi connectivity index (χ3n) is 4.78. The first kappa shape index (κ1) is 18.9. The molecule has 1 aliphatic heterocycles. The van der Waals surface area contributed by atoms with E-state index in [0.717, 1.165) is 45.0 Å². The van der Waals surface area contributed by atoms with Crippen LogP contribution in [-0.4, -0.2) is 62.0 Å². The first-order valence-electron chi connectivity index (χ1n) is 9.21. The number of likely N-dealkylation sites (N-methyl/N-ethyl adjacent to an activating group) is 2. The van der Waals surface area contributed by atoms with Crippen LogP contribution >= 0.6 is 11.3 Å². The van der Waals surface area contributed by atoms with Crippen LogP contribution in [0.5, 0.6) is 0 Å². The van der Waals surface area contributed by atoms with Crippen LogP contribution in [0.25, 0.3) is 0 Å². The molecule has 140 valence electrons. The van der Waals surface area contributed by atoms with Crippen molar-refractivity contribution in [2.45, 2.75) is 13.5 Å². The summed E-state index contributed by atoms with van der Waals surface area (Å²) in [6.07, 6.45) is 0. The average Bonchev–Trinajstić information content (AvgIpc) is 3.15. The zero-order valence-electron chi connectivity index (χ0n) is 15.6. The molecule has 1 fully saturated rings. The van der Waals surface area contributed by atoms with Crippen molar-refractivity contribution in [2.75, 3.05) is 56.5 Å². The van der Waals surface area contributed by atoms with Crippen LogP contribution in [0.1, 0.15) is 12.5 Å². The van der Waals surface area contributed by atoms with E-state index >= 15 is 0 Å². The van der Waals surface area contributed by atoms with Crippen LogP contribution in [0.3, 0.4) is 0 Å². The van der Waals surface area contributed by atoms with Gasteiger partial charge in [-0.2, -0.15) is 11.3 Å². The molecule has 5 nitrogen and oxygen atoms in total. The molecule has 0 bridgehead atoms. The number of carbonyl (C=O) groups excluding carboxylic acids is 1. The Labute approximate surface area is 160 Å². The Bertz CT molecular complexity index is 678. The van der Waals surface area contributed by atoms with Gasteiger partial charge in [0.25, 0.3) is 0 Å². The Morgan fingerprint density at radius 1 is 1.15 bits per heavy atom. The molecule has 0 aliphatic carbocycles. The Hall–Kier alpha value is -1.89. The van der Waals surface area contributed by atoms with Gasteiger partial charge in [-0.1, -0.05) is 6.92 Å². The lowest BCUT2D eigenvalue weighted by Gasteiger charge is -2.35. The normalized spacial score (nSPS) is 15.4. The predicted molar refractivity (Wildman–Crippen MR) is 110 cm³/mol. The highest BCUT2D eigenvalue weighted by atomic mass is 32.1. The molecule has 3 rings (SSSR count). The van der Waals surface area contributed by atoms with Gasteiger partial charge in [-0.15, -0.1) is 0 Å². The van der Waals surface area contributed by atoms with E-state index in [2.05, 4.69) is 51.0 Å². The van der Waals surface area contributed by atoms with Gasteiger partial charge in [0.05, 0.1) is 6.54 Å². The number of nitrogens with one attached hydrogen (secondary N) is 1. The number of hydrogen-bond donors (Lipinski definition) is 1. The van der Waals surface area contributed by atoms with Crippen molar-refractivity contribution in [1.29, 1.82) is 0 Å². The number of rotatable bonds is 7. The zero-order chi connectivity index (χ0) is 18.4. The Balaban J connectivity index is 1.47. The van der Waals surface area contributed by atoms with E-state index in [9.17, 15) is 4.79 Å². The van der Waals surface area contributed by atoms with Crippen molar-refractivity contribution in [2.24, 2.45) is 0 Å². The van der Waals surface area contributed by atoms with E-state index < -0.39 is 0 Å². The maximum absolute atomic E-state index is 12.2. The molecular formula is C20H28N4OS. The Morgan fingerprint density at radius 3 is 2.50 bits per heavy atom. The molecule has 0 spiro atoms. The molecule has 1 saturated heterocycles. The highest BCUT2D eigenvalue weighted by Crippen LogP contribution is 2.19. The third kappa shape index (κ3) is 5.30. The number of nitrogens with zero attached hydrogens (tertiary/aromatic N) is 3. The summed E-state index contributed by atoms with van der Waals surface area (Å²) >= 11 is 1.68. The van der Waals surface area contributed by atoms with E-state index in [1.165, 1.54) is 11.3 Å². The van der Waals surface area contributed by atoms with Gasteiger partial charge in [0.15, 0.2) is 0 Å². The fourth-order valence-corrected chi connectivity index (χ4v) is 3.93. The molecule has 0 radical (unpaired) electrons. The second-order valence-corrected chi connectivity index (χ2v) is 7.60. The highest BCUT2D eigenvalue weighted by molar-refractivity contribution is 7.07. The van der Waals surface area contributed by atoms with Crippen molar-refractivity contribution in [3.05, 3.63) is 46.7 Å². The van der Waals surface area contributed by atoms with E-state index in [1.54, 1.807) is 11.3 Å². The van der Waals surface area contributed by atoms with Crippen molar-refractivity contribution in [3.8, 4) is 0 Å². The summed E-state index contributed by atoms with van der Waals surface area (Å²) in [6, 6.07) is 10.3. The third-order valence-corrected chi connectivity index (χ3v) is 5.51. The van der Waals surface area contributed by atoms with Gasteiger partial charge < -0.3 is 15.1 Å². The molecule has 0 atom stereocenters. The van der Waals surface area contributed by atoms with Crippen LogP contribution in [0, 0.1) is 0 Å². The number of hydrogen-bond acceptors (Lipinski definition) is 5. The molecule has 6 heteroatoms. The van der Waals surface area contributed by atoms with Crippen LogP contribution in [0.2, 0.25) is 0 Å². The number of piperazine rings is 1. The first-order chi connectivity index (χ1) is 12.6. The highest BCUT2D eigenvalue weighted by Gasteiger charge is 2.15. The number of anilines is 2. The summed E-state index contributed by atoms with van der Waals surface area (Å²) in [6.45, 7) is 8.87. The molecule has 0 unspecified atom stereocenters. The standard InChI is InChI=1S/C20H28N4OS/c1-3-23-9-11-24(12-10-23)19-6-4-18(5-7-19)21-20(25)15-22(2)14-17-8-13-26-16-17/h4-8,13,16H,3,9-12,14-15H2,1-2H3,(H,21,25). The minimum Gasteiger partial charge on any atom is -0.369 e. The molecular weight excluding hydrogens is 344 g/mol. The number of carbonyl (C=O) groups is 1. The van der Waals surface area contributed by atoms with Crippen LogP contribution < -0.4 is 10.2 Å². The van der Waals surface area contributed by atoms with Gasteiger partial charge in [-0.3, -0.25) is 9.69 Å². The quantitative estimate of drug-likeness (QED) is 0.811. The van der Waals surface area contributed by atoms with Crippen molar-refractivity contribution in [3.63, 3.8) is 0 Å². The average molecular weight is 373 g/mol. The molecule has 26 heavy (non-hydrogen) atoms. The molecule has 0 saturated carbocycles. The largest absolute Gasteiger partial charge is 0.369 e. The van der Waals surface area contributed by atoms with Crippen LogP contribution in [0.4, 0.5) is 11.4 Å². The lowest BCUT2D eigenvalue weighted by Crippen LogP contribution is -2.46.